The first-order valence-corrected chi connectivity index (χ1v) is 5.79. The zero-order valence-corrected chi connectivity index (χ0v) is 10.9. The Kier molecular flexibility index (Phi) is 2.85. The highest BCUT2D eigenvalue weighted by atomic mass is 79.9. The average Bonchev–Trinajstić information content (AvgIpc) is 2.43. The molecule has 0 bridgehead atoms. The van der Waals surface area contributed by atoms with Gasteiger partial charge in [0.1, 0.15) is 0 Å². The van der Waals surface area contributed by atoms with Gasteiger partial charge in [-0.05, 0) is 38.7 Å². The van der Waals surface area contributed by atoms with Crippen LogP contribution in [0.4, 0.5) is 0 Å². The average molecular weight is 267 g/mol. The minimum absolute atomic E-state index is 0.967. The van der Waals surface area contributed by atoms with Crippen LogP contribution in [0.1, 0.15) is 11.3 Å². The predicted octanol–water partition coefficient (Wildman–Crippen LogP) is 3.30. The van der Waals surface area contributed by atoms with E-state index >= 15 is 0 Å². The molecule has 80 valence electrons. The lowest BCUT2D eigenvalue weighted by molar-refractivity contribution is 0.403. The van der Waals surface area contributed by atoms with E-state index in [9.17, 15) is 0 Å². The van der Waals surface area contributed by atoms with Crippen LogP contribution in [0.2, 0.25) is 0 Å². The molecule has 0 atom stereocenters. The molecule has 0 radical (unpaired) electrons. The number of H-pyrrole nitrogens is 1. The number of halogens is 1. The van der Waals surface area contributed by atoms with Crippen LogP contribution in [0, 0.1) is 6.92 Å². The van der Waals surface area contributed by atoms with Gasteiger partial charge >= 0.3 is 0 Å². The Bertz CT molecular complexity index is 486. The number of nitrogens with one attached hydrogen (secondary N) is 1. The van der Waals surface area contributed by atoms with Gasteiger partial charge in [-0.1, -0.05) is 22.0 Å². The molecule has 0 unspecified atom stereocenters. The van der Waals surface area contributed by atoms with Crippen LogP contribution in [-0.4, -0.2) is 24.0 Å². The number of aromatic amines is 1. The first-order valence-electron chi connectivity index (χ1n) is 5.00. The van der Waals surface area contributed by atoms with Gasteiger partial charge in [-0.25, -0.2) is 0 Å². The minimum atomic E-state index is 0.967. The molecule has 0 aliphatic carbocycles. The van der Waals surface area contributed by atoms with Crippen LogP contribution in [-0.2, 0) is 6.54 Å². The third kappa shape index (κ3) is 1.94. The number of rotatable bonds is 2. The summed E-state index contributed by atoms with van der Waals surface area (Å²) in [4.78, 5) is 5.61. The van der Waals surface area contributed by atoms with Gasteiger partial charge in [-0.3, -0.25) is 0 Å². The lowest BCUT2D eigenvalue weighted by Gasteiger charge is -2.10. The van der Waals surface area contributed by atoms with Crippen LogP contribution in [0.3, 0.4) is 0 Å². The second kappa shape index (κ2) is 3.99. The fraction of sp³-hybridized carbons (Fsp3) is 0.333. The molecule has 15 heavy (non-hydrogen) atoms. The van der Waals surface area contributed by atoms with Crippen molar-refractivity contribution in [3.8, 4) is 0 Å². The van der Waals surface area contributed by atoms with Crippen LogP contribution in [0.15, 0.2) is 22.7 Å². The van der Waals surface area contributed by atoms with E-state index in [0.29, 0.717) is 0 Å². The number of aryl methyl sites for hydroxylation is 1. The topological polar surface area (TPSA) is 19.0 Å². The number of benzene rings is 1. The van der Waals surface area contributed by atoms with Crippen molar-refractivity contribution in [2.45, 2.75) is 13.5 Å². The number of hydrogen-bond acceptors (Lipinski definition) is 1. The zero-order chi connectivity index (χ0) is 11.0. The van der Waals surface area contributed by atoms with E-state index in [1.54, 1.807) is 0 Å². The molecule has 0 spiro atoms. The Balaban J connectivity index is 2.65. The van der Waals surface area contributed by atoms with Gasteiger partial charge in [-0.2, -0.15) is 0 Å². The molecule has 1 aromatic carbocycles. The maximum atomic E-state index is 3.61. The standard InChI is InChI=1S/C12H15BrN2/c1-8-9(7-15(2)3)12-10(13)5-4-6-11(12)14-8/h4-6,14H,7H2,1-3H3. The summed E-state index contributed by atoms with van der Waals surface area (Å²) in [6.07, 6.45) is 0. The third-order valence-electron chi connectivity index (χ3n) is 2.56. The summed E-state index contributed by atoms with van der Waals surface area (Å²) in [5.74, 6) is 0. The van der Waals surface area contributed by atoms with Gasteiger partial charge in [0.15, 0.2) is 0 Å². The quantitative estimate of drug-likeness (QED) is 0.884. The molecular weight excluding hydrogens is 252 g/mol. The molecule has 1 heterocycles. The van der Waals surface area contributed by atoms with Crippen molar-refractivity contribution in [2.24, 2.45) is 0 Å². The van der Waals surface area contributed by atoms with Gasteiger partial charge < -0.3 is 9.88 Å². The van der Waals surface area contributed by atoms with E-state index in [1.807, 2.05) is 0 Å². The van der Waals surface area contributed by atoms with Crippen molar-refractivity contribution in [1.29, 1.82) is 0 Å². The molecule has 0 aliphatic rings. The van der Waals surface area contributed by atoms with E-state index < -0.39 is 0 Å². The lowest BCUT2D eigenvalue weighted by atomic mass is 10.1. The van der Waals surface area contributed by atoms with Crippen LogP contribution in [0.5, 0.6) is 0 Å². The fourth-order valence-corrected chi connectivity index (χ4v) is 2.52. The summed E-state index contributed by atoms with van der Waals surface area (Å²) < 4.78 is 1.17. The van der Waals surface area contributed by atoms with Crippen molar-refractivity contribution in [1.82, 2.24) is 9.88 Å². The van der Waals surface area contributed by atoms with Crippen LogP contribution >= 0.6 is 15.9 Å². The molecule has 0 amide bonds. The van der Waals surface area contributed by atoms with Gasteiger partial charge in [0.05, 0.1) is 0 Å². The van der Waals surface area contributed by atoms with E-state index in [4.69, 9.17) is 0 Å². The molecule has 3 heteroatoms. The molecule has 2 nitrogen and oxygen atoms in total. The van der Waals surface area contributed by atoms with Crippen molar-refractivity contribution < 1.29 is 0 Å². The highest BCUT2D eigenvalue weighted by Crippen LogP contribution is 2.29. The van der Waals surface area contributed by atoms with E-state index in [2.05, 4.69) is 65.0 Å². The summed E-state index contributed by atoms with van der Waals surface area (Å²) in [7, 11) is 4.18. The molecular formula is C12H15BrN2. The number of fused-ring (bicyclic) bond motifs is 1. The van der Waals surface area contributed by atoms with Crippen molar-refractivity contribution >= 4 is 26.8 Å². The van der Waals surface area contributed by atoms with E-state index in [-0.39, 0.29) is 0 Å². The Morgan fingerprint density at radius 3 is 2.73 bits per heavy atom. The molecule has 0 fully saturated rings. The fourth-order valence-electron chi connectivity index (χ4n) is 1.91. The molecule has 0 saturated carbocycles. The van der Waals surface area contributed by atoms with Crippen molar-refractivity contribution in [3.05, 3.63) is 33.9 Å². The number of hydrogen-bond donors (Lipinski definition) is 1. The minimum Gasteiger partial charge on any atom is -0.358 e. The Labute approximate surface area is 98.4 Å². The molecule has 1 aromatic heterocycles. The maximum absolute atomic E-state index is 3.61. The van der Waals surface area contributed by atoms with E-state index in [1.165, 1.54) is 26.6 Å². The van der Waals surface area contributed by atoms with Gasteiger partial charge in [0.25, 0.3) is 0 Å². The summed E-state index contributed by atoms with van der Waals surface area (Å²) >= 11 is 3.61. The molecule has 0 aliphatic heterocycles. The predicted molar refractivity (Wildman–Crippen MR) is 68.1 cm³/mol. The second-order valence-corrected chi connectivity index (χ2v) is 4.98. The van der Waals surface area contributed by atoms with Gasteiger partial charge in [0, 0.05) is 27.6 Å². The molecule has 1 N–H and O–H groups in total. The first kappa shape index (κ1) is 10.7. The zero-order valence-electron chi connectivity index (χ0n) is 9.26. The van der Waals surface area contributed by atoms with Crippen LogP contribution < -0.4 is 0 Å². The lowest BCUT2D eigenvalue weighted by Crippen LogP contribution is -2.11. The summed E-state index contributed by atoms with van der Waals surface area (Å²) in [6.45, 7) is 3.10. The van der Waals surface area contributed by atoms with Crippen LogP contribution in [0.25, 0.3) is 10.9 Å². The van der Waals surface area contributed by atoms with Gasteiger partial charge in [-0.15, -0.1) is 0 Å². The Morgan fingerprint density at radius 2 is 2.07 bits per heavy atom. The maximum Gasteiger partial charge on any atom is 0.0470 e. The third-order valence-corrected chi connectivity index (χ3v) is 3.23. The smallest absolute Gasteiger partial charge is 0.0470 e. The second-order valence-electron chi connectivity index (χ2n) is 4.13. The Hall–Kier alpha value is -0.800. The summed E-state index contributed by atoms with van der Waals surface area (Å²) in [5, 5.41) is 1.31. The van der Waals surface area contributed by atoms with Crippen molar-refractivity contribution in [2.75, 3.05) is 14.1 Å². The van der Waals surface area contributed by atoms with Crippen molar-refractivity contribution in [3.63, 3.8) is 0 Å². The largest absolute Gasteiger partial charge is 0.358 e. The monoisotopic (exact) mass is 266 g/mol. The number of nitrogens with zero attached hydrogens (tertiary/aromatic N) is 1. The highest BCUT2D eigenvalue weighted by Gasteiger charge is 2.11. The summed E-state index contributed by atoms with van der Waals surface area (Å²) in [5.41, 5.74) is 3.84. The molecule has 2 aromatic rings. The summed E-state index contributed by atoms with van der Waals surface area (Å²) in [6, 6.07) is 6.27. The normalized spacial score (nSPS) is 11.5. The Morgan fingerprint density at radius 1 is 1.33 bits per heavy atom. The molecule has 0 saturated heterocycles. The number of aromatic nitrogens is 1. The SMILES string of the molecule is Cc1[nH]c2cccc(Br)c2c1CN(C)C. The first-order chi connectivity index (χ1) is 7.09. The van der Waals surface area contributed by atoms with Gasteiger partial charge in [0.2, 0.25) is 0 Å². The highest BCUT2D eigenvalue weighted by molar-refractivity contribution is 9.10. The van der Waals surface area contributed by atoms with E-state index in [0.717, 1.165) is 6.54 Å². The molecule has 2 rings (SSSR count).